The Morgan fingerprint density at radius 2 is 1.89 bits per heavy atom. The van der Waals surface area contributed by atoms with Gasteiger partial charge in [0.05, 0.1) is 0 Å². The molecule has 0 aliphatic carbocycles. The van der Waals surface area contributed by atoms with E-state index in [9.17, 15) is 9.59 Å². The highest BCUT2D eigenvalue weighted by Gasteiger charge is 2.29. The van der Waals surface area contributed by atoms with Crippen LogP contribution in [-0.4, -0.2) is 47.3 Å². The second-order valence-electron chi connectivity index (χ2n) is 4.91. The van der Waals surface area contributed by atoms with Gasteiger partial charge in [-0.15, -0.1) is 0 Å². The van der Waals surface area contributed by atoms with E-state index in [0.29, 0.717) is 31.6 Å². The molecule has 0 N–H and O–H groups in total. The number of piperazine rings is 1. The first-order valence-electron chi connectivity index (χ1n) is 6.77. The first-order chi connectivity index (χ1) is 9.13. The maximum absolute atomic E-state index is 12.4. The normalized spacial score (nSPS) is 19.4. The van der Waals surface area contributed by atoms with E-state index in [1.807, 2.05) is 54.0 Å². The predicted molar refractivity (Wildman–Crippen MR) is 73.8 cm³/mol. The van der Waals surface area contributed by atoms with Gasteiger partial charge in [0.2, 0.25) is 5.91 Å². The molecule has 0 bridgehead atoms. The summed E-state index contributed by atoms with van der Waals surface area (Å²) in [7, 11) is 0. The fourth-order valence-corrected chi connectivity index (χ4v) is 2.46. The van der Waals surface area contributed by atoms with Crippen molar-refractivity contribution in [3.63, 3.8) is 0 Å². The van der Waals surface area contributed by atoms with Gasteiger partial charge in [0.25, 0.3) is 5.91 Å². The summed E-state index contributed by atoms with van der Waals surface area (Å²) in [4.78, 5) is 27.8. The van der Waals surface area contributed by atoms with Crippen molar-refractivity contribution in [3.05, 3.63) is 35.9 Å². The van der Waals surface area contributed by atoms with E-state index >= 15 is 0 Å². The number of hydrogen-bond acceptors (Lipinski definition) is 2. The van der Waals surface area contributed by atoms with Crippen LogP contribution >= 0.6 is 0 Å². The molecule has 19 heavy (non-hydrogen) atoms. The zero-order valence-corrected chi connectivity index (χ0v) is 11.5. The summed E-state index contributed by atoms with van der Waals surface area (Å²) in [6, 6.07) is 9.37. The van der Waals surface area contributed by atoms with Crippen molar-refractivity contribution in [2.45, 2.75) is 26.3 Å². The second-order valence-corrected chi connectivity index (χ2v) is 4.91. The Kier molecular flexibility index (Phi) is 4.20. The molecule has 102 valence electrons. The quantitative estimate of drug-likeness (QED) is 0.813. The summed E-state index contributed by atoms with van der Waals surface area (Å²) in [6.45, 7) is 5.74. The minimum Gasteiger partial charge on any atom is -0.339 e. The molecule has 0 aromatic heterocycles. The molecular formula is C15H20N2O2. The van der Waals surface area contributed by atoms with E-state index in [4.69, 9.17) is 0 Å². The maximum Gasteiger partial charge on any atom is 0.254 e. The first kappa shape index (κ1) is 13.6. The highest BCUT2D eigenvalue weighted by atomic mass is 16.2. The highest BCUT2D eigenvalue weighted by molar-refractivity contribution is 5.94. The van der Waals surface area contributed by atoms with E-state index in [-0.39, 0.29) is 17.9 Å². The summed E-state index contributed by atoms with van der Waals surface area (Å²) in [5.74, 6) is 0.218. The van der Waals surface area contributed by atoms with E-state index in [0.717, 1.165) is 0 Å². The Balaban J connectivity index is 2.04. The van der Waals surface area contributed by atoms with E-state index in [2.05, 4.69) is 0 Å². The topological polar surface area (TPSA) is 40.6 Å². The molecule has 4 heteroatoms. The van der Waals surface area contributed by atoms with Crippen LogP contribution in [0.5, 0.6) is 0 Å². The van der Waals surface area contributed by atoms with Crippen LogP contribution in [0.1, 0.15) is 30.6 Å². The van der Waals surface area contributed by atoms with Crippen LogP contribution in [0.3, 0.4) is 0 Å². The van der Waals surface area contributed by atoms with Crippen LogP contribution in [0.2, 0.25) is 0 Å². The molecule has 1 aliphatic rings. The Labute approximate surface area is 114 Å². The lowest BCUT2D eigenvalue weighted by Crippen LogP contribution is -2.55. The van der Waals surface area contributed by atoms with Gasteiger partial charge < -0.3 is 9.80 Å². The zero-order valence-electron chi connectivity index (χ0n) is 11.5. The number of amides is 2. The van der Waals surface area contributed by atoms with Gasteiger partial charge in [-0.1, -0.05) is 25.1 Å². The molecule has 2 rings (SSSR count). The Hall–Kier alpha value is -1.84. The second kappa shape index (κ2) is 5.87. The Morgan fingerprint density at radius 3 is 2.47 bits per heavy atom. The van der Waals surface area contributed by atoms with E-state index < -0.39 is 0 Å². The van der Waals surface area contributed by atoms with Crippen molar-refractivity contribution in [1.82, 2.24) is 9.80 Å². The Bertz CT molecular complexity index is 458. The molecule has 0 unspecified atom stereocenters. The van der Waals surface area contributed by atoms with Crippen molar-refractivity contribution in [1.29, 1.82) is 0 Å². The van der Waals surface area contributed by atoms with Crippen LogP contribution in [0.4, 0.5) is 0 Å². The van der Waals surface area contributed by atoms with Crippen LogP contribution in [-0.2, 0) is 4.79 Å². The molecule has 0 radical (unpaired) electrons. The van der Waals surface area contributed by atoms with Gasteiger partial charge in [-0.3, -0.25) is 9.59 Å². The molecule has 0 spiro atoms. The third kappa shape index (κ3) is 2.95. The summed E-state index contributed by atoms with van der Waals surface area (Å²) < 4.78 is 0. The summed E-state index contributed by atoms with van der Waals surface area (Å²) >= 11 is 0. The van der Waals surface area contributed by atoms with Crippen LogP contribution < -0.4 is 0 Å². The number of carbonyl (C=O) groups excluding carboxylic acids is 2. The largest absolute Gasteiger partial charge is 0.339 e. The van der Waals surface area contributed by atoms with Gasteiger partial charge in [0.15, 0.2) is 0 Å². The van der Waals surface area contributed by atoms with Crippen LogP contribution in [0.25, 0.3) is 0 Å². The molecule has 1 heterocycles. The van der Waals surface area contributed by atoms with Gasteiger partial charge in [0, 0.05) is 37.7 Å². The average molecular weight is 260 g/mol. The minimum atomic E-state index is 0.0525. The first-order valence-corrected chi connectivity index (χ1v) is 6.77. The van der Waals surface area contributed by atoms with Crippen LogP contribution in [0.15, 0.2) is 30.3 Å². The monoisotopic (exact) mass is 260 g/mol. The maximum atomic E-state index is 12.4. The molecule has 0 saturated carbocycles. The zero-order chi connectivity index (χ0) is 13.8. The highest BCUT2D eigenvalue weighted by Crippen LogP contribution is 2.14. The van der Waals surface area contributed by atoms with Crippen molar-refractivity contribution >= 4 is 11.8 Å². The van der Waals surface area contributed by atoms with E-state index in [1.54, 1.807) is 0 Å². The lowest BCUT2D eigenvalue weighted by molar-refractivity contribution is -0.133. The molecular weight excluding hydrogens is 240 g/mol. The van der Waals surface area contributed by atoms with Gasteiger partial charge in [-0.2, -0.15) is 0 Å². The van der Waals surface area contributed by atoms with Gasteiger partial charge in [-0.25, -0.2) is 0 Å². The van der Waals surface area contributed by atoms with Gasteiger partial charge in [-0.05, 0) is 19.1 Å². The van der Waals surface area contributed by atoms with E-state index in [1.165, 1.54) is 0 Å². The van der Waals surface area contributed by atoms with Crippen LogP contribution in [0, 0.1) is 0 Å². The molecule has 4 nitrogen and oxygen atoms in total. The van der Waals surface area contributed by atoms with Crippen molar-refractivity contribution in [2.24, 2.45) is 0 Å². The number of nitrogens with zero attached hydrogens (tertiary/aromatic N) is 2. The number of carbonyl (C=O) groups is 2. The minimum absolute atomic E-state index is 0.0525. The smallest absolute Gasteiger partial charge is 0.254 e. The Morgan fingerprint density at radius 1 is 1.21 bits per heavy atom. The molecule has 1 saturated heterocycles. The lowest BCUT2D eigenvalue weighted by atomic mass is 10.1. The number of benzene rings is 1. The fourth-order valence-electron chi connectivity index (χ4n) is 2.46. The van der Waals surface area contributed by atoms with Crippen molar-refractivity contribution in [2.75, 3.05) is 19.6 Å². The fraction of sp³-hybridized carbons (Fsp3) is 0.467. The summed E-state index contributed by atoms with van der Waals surface area (Å²) in [6.07, 6.45) is 0.527. The lowest BCUT2D eigenvalue weighted by Gasteiger charge is -2.39. The molecule has 1 aliphatic heterocycles. The molecule has 1 fully saturated rings. The third-order valence-corrected chi connectivity index (χ3v) is 3.56. The number of hydrogen-bond donors (Lipinski definition) is 0. The number of rotatable bonds is 2. The third-order valence-electron chi connectivity index (χ3n) is 3.56. The summed E-state index contributed by atoms with van der Waals surface area (Å²) in [5, 5.41) is 0. The molecule has 2 amide bonds. The molecule has 1 aromatic carbocycles. The SMILES string of the molecule is CCC(=O)N1CCN(C(=O)c2ccccc2)[C@@H](C)C1. The molecule has 1 atom stereocenters. The van der Waals surface area contributed by atoms with Crippen molar-refractivity contribution in [3.8, 4) is 0 Å². The average Bonchev–Trinajstić information content (AvgIpc) is 2.46. The molecule has 1 aromatic rings. The standard InChI is InChI=1S/C15H20N2O2/c1-3-14(18)16-9-10-17(12(2)11-16)15(19)13-7-5-4-6-8-13/h4-8,12H,3,9-11H2,1-2H3/t12-/m0/s1. The summed E-state index contributed by atoms with van der Waals surface area (Å²) in [5.41, 5.74) is 0.713. The van der Waals surface area contributed by atoms with Gasteiger partial charge >= 0.3 is 0 Å². The van der Waals surface area contributed by atoms with Gasteiger partial charge in [0.1, 0.15) is 0 Å². The predicted octanol–water partition coefficient (Wildman–Crippen LogP) is 1.77. The van der Waals surface area contributed by atoms with Crippen molar-refractivity contribution < 1.29 is 9.59 Å².